The number of piperazine rings is 1. The summed E-state index contributed by atoms with van der Waals surface area (Å²) in [7, 11) is 0. The molecule has 0 bridgehead atoms. The molecule has 18 heavy (non-hydrogen) atoms. The van der Waals surface area contributed by atoms with Gasteiger partial charge in [-0.1, -0.05) is 36.5 Å². The van der Waals surface area contributed by atoms with Crippen LogP contribution < -0.4 is 10.2 Å². The van der Waals surface area contributed by atoms with Crippen molar-refractivity contribution < 1.29 is 0 Å². The van der Waals surface area contributed by atoms with E-state index < -0.39 is 0 Å². The van der Waals surface area contributed by atoms with Crippen LogP contribution in [0.25, 0.3) is 0 Å². The lowest BCUT2D eigenvalue weighted by Crippen LogP contribution is -2.55. The van der Waals surface area contributed by atoms with E-state index >= 15 is 0 Å². The van der Waals surface area contributed by atoms with Gasteiger partial charge in [0.05, 0.1) is 10.0 Å². The quantitative estimate of drug-likeness (QED) is 0.905. The van der Waals surface area contributed by atoms with Crippen molar-refractivity contribution in [3.8, 4) is 0 Å². The highest BCUT2D eigenvalue weighted by atomic mass is 35.5. The molecule has 0 spiro atoms. The number of nitrogens with one attached hydrogen (secondary N) is 1. The molecule has 0 aliphatic carbocycles. The number of benzene rings is 1. The maximum absolute atomic E-state index is 6.10. The monoisotopic (exact) mass is 286 g/mol. The second kappa shape index (κ2) is 6.14. The largest absolute Gasteiger partial charge is 0.366 e. The zero-order valence-electron chi connectivity index (χ0n) is 10.9. The summed E-state index contributed by atoms with van der Waals surface area (Å²) < 4.78 is 0. The van der Waals surface area contributed by atoms with Gasteiger partial charge in [-0.3, -0.25) is 0 Å². The molecule has 2 atom stereocenters. The summed E-state index contributed by atoms with van der Waals surface area (Å²) in [5.74, 6) is 0. The molecule has 2 unspecified atom stereocenters. The minimum Gasteiger partial charge on any atom is -0.366 e. The molecule has 0 radical (unpaired) electrons. The Hall–Kier alpha value is -0.440. The number of hydrogen-bond donors (Lipinski definition) is 1. The summed E-state index contributed by atoms with van der Waals surface area (Å²) in [5, 5.41) is 4.85. The maximum atomic E-state index is 6.10. The predicted octanol–water partition coefficient (Wildman–Crippen LogP) is 3.96. The third kappa shape index (κ3) is 3.11. The van der Waals surface area contributed by atoms with Gasteiger partial charge < -0.3 is 10.2 Å². The summed E-state index contributed by atoms with van der Waals surface area (Å²) in [4.78, 5) is 2.42. The molecular formula is C14H20Cl2N2. The highest BCUT2D eigenvalue weighted by molar-refractivity contribution is 6.42. The Kier molecular flexibility index (Phi) is 4.77. The van der Waals surface area contributed by atoms with Gasteiger partial charge in [-0.25, -0.2) is 0 Å². The lowest BCUT2D eigenvalue weighted by Gasteiger charge is -2.40. The molecule has 1 aliphatic rings. The molecule has 1 aromatic rings. The fourth-order valence-corrected chi connectivity index (χ4v) is 2.79. The van der Waals surface area contributed by atoms with Gasteiger partial charge >= 0.3 is 0 Å². The van der Waals surface area contributed by atoms with Gasteiger partial charge in [-0.05, 0) is 31.5 Å². The molecule has 0 saturated carbocycles. The van der Waals surface area contributed by atoms with Gasteiger partial charge in [-0.2, -0.15) is 0 Å². The molecule has 0 amide bonds. The van der Waals surface area contributed by atoms with Crippen LogP contribution in [0.3, 0.4) is 0 Å². The van der Waals surface area contributed by atoms with Crippen LogP contribution in [0.15, 0.2) is 18.2 Å². The first kappa shape index (κ1) is 14.0. The average Bonchev–Trinajstić information content (AvgIpc) is 2.35. The minimum atomic E-state index is 0.482. The minimum absolute atomic E-state index is 0.482. The maximum Gasteiger partial charge on any atom is 0.0612 e. The normalized spacial score (nSPS) is 24.3. The molecule has 1 N–H and O–H groups in total. The number of halogens is 2. The van der Waals surface area contributed by atoms with Crippen LogP contribution in [0.5, 0.6) is 0 Å². The molecular weight excluding hydrogens is 267 g/mol. The van der Waals surface area contributed by atoms with Gasteiger partial charge in [0, 0.05) is 30.9 Å². The van der Waals surface area contributed by atoms with Crippen molar-refractivity contribution in [1.82, 2.24) is 5.32 Å². The first-order chi connectivity index (χ1) is 8.61. The number of nitrogens with zero attached hydrogens (tertiary/aromatic N) is 1. The van der Waals surface area contributed by atoms with E-state index in [-0.39, 0.29) is 0 Å². The fraction of sp³-hybridized carbons (Fsp3) is 0.571. The predicted molar refractivity (Wildman–Crippen MR) is 80.0 cm³/mol. The molecule has 1 heterocycles. The lowest BCUT2D eigenvalue weighted by molar-refractivity contribution is 0.386. The van der Waals surface area contributed by atoms with Gasteiger partial charge in [0.2, 0.25) is 0 Å². The summed E-state index contributed by atoms with van der Waals surface area (Å²) in [6.45, 7) is 6.51. The van der Waals surface area contributed by atoms with Crippen LogP contribution in [-0.2, 0) is 0 Å². The highest BCUT2D eigenvalue weighted by Gasteiger charge is 2.24. The topological polar surface area (TPSA) is 15.3 Å². The number of hydrogen-bond acceptors (Lipinski definition) is 2. The molecule has 0 aromatic heterocycles. The Balaban J connectivity index is 2.16. The fourth-order valence-electron chi connectivity index (χ4n) is 2.49. The first-order valence-electron chi connectivity index (χ1n) is 6.57. The molecule has 1 aliphatic heterocycles. The van der Waals surface area contributed by atoms with E-state index in [4.69, 9.17) is 23.2 Å². The van der Waals surface area contributed by atoms with Crippen LogP contribution in [0.2, 0.25) is 10.0 Å². The molecule has 1 fully saturated rings. The number of rotatable bonds is 3. The van der Waals surface area contributed by atoms with Gasteiger partial charge in [0.25, 0.3) is 0 Å². The van der Waals surface area contributed by atoms with Gasteiger partial charge in [0.15, 0.2) is 0 Å². The van der Waals surface area contributed by atoms with Crippen molar-refractivity contribution in [2.45, 2.75) is 38.8 Å². The van der Waals surface area contributed by atoms with E-state index in [0.29, 0.717) is 22.1 Å². The van der Waals surface area contributed by atoms with E-state index in [9.17, 15) is 0 Å². The van der Waals surface area contributed by atoms with Crippen molar-refractivity contribution >= 4 is 28.9 Å². The van der Waals surface area contributed by atoms with Crippen molar-refractivity contribution in [3.05, 3.63) is 28.2 Å². The molecule has 2 nitrogen and oxygen atoms in total. The molecule has 4 heteroatoms. The zero-order valence-corrected chi connectivity index (χ0v) is 12.4. The smallest absolute Gasteiger partial charge is 0.0612 e. The highest BCUT2D eigenvalue weighted by Crippen LogP contribution is 2.29. The lowest BCUT2D eigenvalue weighted by atomic mass is 10.1. The molecule has 100 valence electrons. The van der Waals surface area contributed by atoms with Crippen molar-refractivity contribution in [1.29, 1.82) is 0 Å². The summed E-state index contributed by atoms with van der Waals surface area (Å²) in [5.41, 5.74) is 1.17. The van der Waals surface area contributed by atoms with Crippen LogP contribution in [0.4, 0.5) is 5.69 Å². The SMILES string of the molecule is CCCC1CN(c2ccc(Cl)c(Cl)c2)C(C)CN1. The van der Waals surface area contributed by atoms with E-state index in [2.05, 4.69) is 30.1 Å². The Labute approximate surface area is 119 Å². The molecule has 1 aromatic carbocycles. The Morgan fingerprint density at radius 1 is 1.33 bits per heavy atom. The standard InChI is InChI=1S/C14H20Cl2N2/c1-3-4-11-9-18(10(2)8-17-11)12-5-6-13(15)14(16)7-12/h5-7,10-11,17H,3-4,8-9H2,1-2H3. The average molecular weight is 287 g/mol. The Morgan fingerprint density at radius 3 is 2.78 bits per heavy atom. The summed E-state index contributed by atoms with van der Waals surface area (Å²) in [6.07, 6.45) is 2.42. The van der Waals surface area contributed by atoms with Crippen LogP contribution in [0.1, 0.15) is 26.7 Å². The van der Waals surface area contributed by atoms with E-state index in [1.165, 1.54) is 18.5 Å². The Morgan fingerprint density at radius 2 is 2.11 bits per heavy atom. The molecule has 2 rings (SSSR count). The summed E-state index contributed by atoms with van der Waals surface area (Å²) >= 11 is 12.1. The second-order valence-corrected chi connectivity index (χ2v) is 5.81. The Bertz CT molecular complexity index is 409. The van der Waals surface area contributed by atoms with E-state index in [0.717, 1.165) is 13.1 Å². The number of anilines is 1. The van der Waals surface area contributed by atoms with Crippen LogP contribution in [-0.4, -0.2) is 25.2 Å². The van der Waals surface area contributed by atoms with E-state index in [1.54, 1.807) is 0 Å². The van der Waals surface area contributed by atoms with Crippen molar-refractivity contribution in [2.24, 2.45) is 0 Å². The van der Waals surface area contributed by atoms with Crippen molar-refractivity contribution in [2.75, 3.05) is 18.0 Å². The first-order valence-corrected chi connectivity index (χ1v) is 7.32. The van der Waals surface area contributed by atoms with E-state index in [1.807, 2.05) is 12.1 Å². The van der Waals surface area contributed by atoms with Gasteiger partial charge in [0.1, 0.15) is 0 Å². The second-order valence-electron chi connectivity index (χ2n) is 4.99. The van der Waals surface area contributed by atoms with Crippen molar-refractivity contribution in [3.63, 3.8) is 0 Å². The third-order valence-electron chi connectivity index (χ3n) is 3.52. The molecule has 1 saturated heterocycles. The van der Waals surface area contributed by atoms with Crippen LogP contribution >= 0.6 is 23.2 Å². The third-order valence-corrected chi connectivity index (χ3v) is 4.26. The zero-order chi connectivity index (χ0) is 13.1. The van der Waals surface area contributed by atoms with Gasteiger partial charge in [-0.15, -0.1) is 0 Å². The summed E-state index contributed by atoms with van der Waals surface area (Å²) in [6, 6.07) is 6.95. The van der Waals surface area contributed by atoms with Crippen LogP contribution in [0, 0.1) is 0 Å².